The van der Waals surface area contributed by atoms with E-state index < -0.39 is 0 Å². The van der Waals surface area contributed by atoms with Gasteiger partial charge in [0, 0.05) is 32.6 Å². The van der Waals surface area contributed by atoms with E-state index in [1.807, 2.05) is 17.9 Å². The fraction of sp³-hybridized carbons (Fsp3) is 0.533. The largest absolute Gasteiger partial charge is 0.496 e. The third-order valence-corrected chi connectivity index (χ3v) is 3.52. The van der Waals surface area contributed by atoms with E-state index in [0.717, 1.165) is 43.9 Å². The van der Waals surface area contributed by atoms with Crippen LogP contribution < -0.4 is 10.1 Å². The van der Waals surface area contributed by atoms with Crippen LogP contribution in [0.4, 0.5) is 0 Å². The lowest BCUT2D eigenvalue weighted by Gasteiger charge is -2.27. The first-order valence-corrected chi connectivity index (χ1v) is 6.82. The molecule has 1 aliphatic heterocycles. The normalized spacial score (nSPS) is 15.4. The van der Waals surface area contributed by atoms with Crippen molar-refractivity contribution >= 4 is 5.91 Å². The van der Waals surface area contributed by atoms with Gasteiger partial charge in [-0.2, -0.15) is 0 Å². The number of amides is 1. The second-order valence-corrected chi connectivity index (χ2v) is 4.95. The van der Waals surface area contributed by atoms with E-state index in [1.54, 1.807) is 7.11 Å². The Balaban J connectivity index is 1.92. The lowest BCUT2D eigenvalue weighted by atomic mass is 10.1. The first-order chi connectivity index (χ1) is 9.20. The van der Waals surface area contributed by atoms with Gasteiger partial charge in [0.05, 0.1) is 7.11 Å². The van der Waals surface area contributed by atoms with E-state index in [9.17, 15) is 4.79 Å². The molecule has 1 aromatic carbocycles. The number of piperazine rings is 1. The third kappa shape index (κ3) is 3.70. The van der Waals surface area contributed by atoms with Gasteiger partial charge in [0.2, 0.25) is 5.91 Å². The minimum atomic E-state index is 0.240. The minimum Gasteiger partial charge on any atom is -0.496 e. The SMILES string of the molecule is COc1cc(C)ccc1CCC(=O)N1CCNCC1. The van der Waals surface area contributed by atoms with Crippen molar-refractivity contribution in [3.05, 3.63) is 29.3 Å². The van der Waals surface area contributed by atoms with Gasteiger partial charge in [0.1, 0.15) is 5.75 Å². The van der Waals surface area contributed by atoms with Crippen LogP contribution in [0, 0.1) is 6.92 Å². The highest BCUT2D eigenvalue weighted by Gasteiger charge is 2.16. The second-order valence-electron chi connectivity index (χ2n) is 4.95. The van der Waals surface area contributed by atoms with Gasteiger partial charge in [-0.1, -0.05) is 12.1 Å². The molecule has 4 nitrogen and oxygen atoms in total. The lowest BCUT2D eigenvalue weighted by Crippen LogP contribution is -2.46. The van der Waals surface area contributed by atoms with E-state index >= 15 is 0 Å². The van der Waals surface area contributed by atoms with Crippen LogP contribution in [0.3, 0.4) is 0 Å². The summed E-state index contributed by atoms with van der Waals surface area (Å²) in [4.78, 5) is 14.0. The van der Waals surface area contributed by atoms with Gasteiger partial charge in [-0.25, -0.2) is 0 Å². The topological polar surface area (TPSA) is 41.6 Å². The number of carbonyl (C=O) groups is 1. The van der Waals surface area contributed by atoms with Gasteiger partial charge in [-0.15, -0.1) is 0 Å². The summed E-state index contributed by atoms with van der Waals surface area (Å²) < 4.78 is 5.37. The summed E-state index contributed by atoms with van der Waals surface area (Å²) in [6, 6.07) is 6.14. The molecular formula is C15H22N2O2. The second kappa shape index (κ2) is 6.57. The molecule has 0 bridgehead atoms. The van der Waals surface area contributed by atoms with Crippen molar-refractivity contribution in [3.8, 4) is 5.75 Å². The van der Waals surface area contributed by atoms with E-state index in [-0.39, 0.29) is 5.91 Å². The standard InChI is InChI=1S/C15H22N2O2/c1-12-3-4-13(14(11-12)19-2)5-6-15(18)17-9-7-16-8-10-17/h3-4,11,16H,5-10H2,1-2H3. The molecule has 1 saturated heterocycles. The Hall–Kier alpha value is -1.55. The maximum Gasteiger partial charge on any atom is 0.222 e. The molecular weight excluding hydrogens is 240 g/mol. The predicted octanol–water partition coefficient (Wildman–Crippen LogP) is 1.37. The van der Waals surface area contributed by atoms with E-state index in [4.69, 9.17) is 4.74 Å². The highest BCUT2D eigenvalue weighted by Crippen LogP contribution is 2.21. The molecule has 0 aromatic heterocycles. The third-order valence-electron chi connectivity index (χ3n) is 3.52. The summed E-state index contributed by atoms with van der Waals surface area (Å²) in [5, 5.41) is 3.25. The van der Waals surface area contributed by atoms with Crippen LogP contribution in [0.2, 0.25) is 0 Å². The number of hydrogen-bond donors (Lipinski definition) is 1. The summed E-state index contributed by atoms with van der Waals surface area (Å²) in [7, 11) is 1.68. The average molecular weight is 262 g/mol. The van der Waals surface area contributed by atoms with Gasteiger partial charge in [0.15, 0.2) is 0 Å². The number of methoxy groups -OCH3 is 1. The van der Waals surface area contributed by atoms with Crippen LogP contribution in [-0.4, -0.2) is 44.1 Å². The molecule has 1 aromatic rings. The Morgan fingerprint density at radius 3 is 2.79 bits per heavy atom. The van der Waals surface area contributed by atoms with Gasteiger partial charge in [0.25, 0.3) is 0 Å². The molecule has 1 fully saturated rings. The molecule has 4 heteroatoms. The quantitative estimate of drug-likeness (QED) is 0.891. The number of rotatable bonds is 4. The summed E-state index contributed by atoms with van der Waals surface area (Å²) in [5.74, 6) is 1.12. The fourth-order valence-corrected chi connectivity index (χ4v) is 2.37. The Labute approximate surface area is 114 Å². The monoisotopic (exact) mass is 262 g/mol. The molecule has 0 saturated carbocycles. The van der Waals surface area contributed by atoms with Crippen molar-refractivity contribution in [3.63, 3.8) is 0 Å². The van der Waals surface area contributed by atoms with Crippen molar-refractivity contribution in [2.75, 3.05) is 33.3 Å². The number of aryl methyl sites for hydroxylation is 2. The Morgan fingerprint density at radius 2 is 2.11 bits per heavy atom. The summed E-state index contributed by atoms with van der Waals surface area (Å²) in [5.41, 5.74) is 2.28. The summed E-state index contributed by atoms with van der Waals surface area (Å²) >= 11 is 0. The average Bonchev–Trinajstić information content (AvgIpc) is 2.46. The number of nitrogens with one attached hydrogen (secondary N) is 1. The van der Waals surface area contributed by atoms with Crippen LogP contribution >= 0.6 is 0 Å². The molecule has 0 spiro atoms. The highest BCUT2D eigenvalue weighted by atomic mass is 16.5. The van der Waals surface area contributed by atoms with Crippen molar-refractivity contribution < 1.29 is 9.53 Å². The molecule has 2 rings (SSSR count). The van der Waals surface area contributed by atoms with Crippen molar-refractivity contribution in [1.82, 2.24) is 10.2 Å². The van der Waals surface area contributed by atoms with Crippen LogP contribution in [-0.2, 0) is 11.2 Å². The zero-order valence-corrected chi connectivity index (χ0v) is 11.7. The lowest BCUT2D eigenvalue weighted by molar-refractivity contribution is -0.131. The summed E-state index contributed by atoms with van der Waals surface area (Å²) in [6.07, 6.45) is 1.30. The molecule has 19 heavy (non-hydrogen) atoms. The van der Waals surface area contributed by atoms with Crippen LogP contribution in [0.5, 0.6) is 5.75 Å². The highest BCUT2D eigenvalue weighted by molar-refractivity contribution is 5.76. The van der Waals surface area contributed by atoms with Crippen LogP contribution in [0.15, 0.2) is 18.2 Å². The van der Waals surface area contributed by atoms with Crippen molar-refractivity contribution in [2.45, 2.75) is 19.8 Å². The van der Waals surface area contributed by atoms with Crippen LogP contribution in [0.1, 0.15) is 17.5 Å². The van der Waals surface area contributed by atoms with Crippen molar-refractivity contribution in [2.24, 2.45) is 0 Å². The van der Waals surface area contributed by atoms with Gasteiger partial charge < -0.3 is 15.0 Å². The van der Waals surface area contributed by atoms with Crippen molar-refractivity contribution in [1.29, 1.82) is 0 Å². The van der Waals surface area contributed by atoms with Gasteiger partial charge >= 0.3 is 0 Å². The van der Waals surface area contributed by atoms with E-state index in [0.29, 0.717) is 6.42 Å². The van der Waals surface area contributed by atoms with Gasteiger partial charge in [-0.3, -0.25) is 4.79 Å². The molecule has 1 N–H and O–H groups in total. The number of carbonyl (C=O) groups excluding carboxylic acids is 1. The zero-order valence-electron chi connectivity index (χ0n) is 11.7. The minimum absolute atomic E-state index is 0.240. The van der Waals surface area contributed by atoms with Gasteiger partial charge in [-0.05, 0) is 30.5 Å². The Kier molecular flexibility index (Phi) is 4.80. The Morgan fingerprint density at radius 1 is 1.37 bits per heavy atom. The molecule has 0 atom stereocenters. The maximum atomic E-state index is 12.1. The first-order valence-electron chi connectivity index (χ1n) is 6.82. The number of ether oxygens (including phenoxy) is 1. The number of benzene rings is 1. The molecule has 0 unspecified atom stereocenters. The molecule has 1 aliphatic rings. The molecule has 0 aliphatic carbocycles. The van der Waals surface area contributed by atoms with E-state index in [2.05, 4.69) is 17.4 Å². The molecule has 104 valence electrons. The summed E-state index contributed by atoms with van der Waals surface area (Å²) in [6.45, 7) is 5.49. The zero-order chi connectivity index (χ0) is 13.7. The van der Waals surface area contributed by atoms with Crippen LogP contribution in [0.25, 0.3) is 0 Å². The fourth-order valence-electron chi connectivity index (χ4n) is 2.37. The molecule has 0 radical (unpaired) electrons. The predicted molar refractivity (Wildman–Crippen MR) is 75.5 cm³/mol. The van der Waals surface area contributed by atoms with E-state index in [1.165, 1.54) is 5.56 Å². The first kappa shape index (κ1) is 13.9. The maximum absolute atomic E-state index is 12.1. The Bertz CT molecular complexity index is 440. The number of nitrogens with zero attached hydrogens (tertiary/aromatic N) is 1. The molecule has 1 heterocycles. The number of hydrogen-bond acceptors (Lipinski definition) is 3. The molecule has 1 amide bonds. The smallest absolute Gasteiger partial charge is 0.222 e.